The molecule has 0 unspecified atom stereocenters. The predicted molar refractivity (Wildman–Crippen MR) is 82.0 cm³/mol. The highest BCUT2D eigenvalue weighted by Gasteiger charge is 2.68. The number of carbonyl (C=O) groups is 1. The molecule has 1 aromatic carbocycles. The van der Waals surface area contributed by atoms with Crippen LogP contribution in [-0.2, 0) is 16.7 Å². The molecule has 1 aliphatic carbocycles. The molecule has 0 atom stereocenters. The van der Waals surface area contributed by atoms with E-state index in [1.54, 1.807) is 0 Å². The first-order valence-corrected chi connectivity index (χ1v) is 7.84. The van der Waals surface area contributed by atoms with Crippen molar-refractivity contribution in [1.29, 1.82) is 0 Å². The van der Waals surface area contributed by atoms with E-state index in [-0.39, 0.29) is 22.7 Å². The number of hydrogen-bond acceptors (Lipinski definition) is 1. The van der Waals surface area contributed by atoms with E-state index < -0.39 is 0 Å². The zero-order valence-electron chi connectivity index (χ0n) is 12.1. The van der Waals surface area contributed by atoms with Crippen molar-refractivity contribution in [3.8, 4) is 0 Å². The van der Waals surface area contributed by atoms with Crippen LogP contribution in [0.1, 0.15) is 38.8 Å². The number of nitrogens with one attached hydrogen (secondary N) is 1. The molecule has 2 nitrogen and oxygen atoms in total. The van der Waals surface area contributed by atoms with Gasteiger partial charge in [0.25, 0.3) is 0 Å². The molecule has 1 aromatic rings. The van der Waals surface area contributed by atoms with Gasteiger partial charge in [-0.25, -0.2) is 0 Å². The maximum absolute atomic E-state index is 12.2. The Morgan fingerprint density at radius 2 is 1.79 bits per heavy atom. The van der Waals surface area contributed by atoms with Crippen LogP contribution in [0.2, 0.25) is 0 Å². The van der Waals surface area contributed by atoms with Crippen molar-refractivity contribution in [2.45, 2.75) is 39.6 Å². The van der Waals surface area contributed by atoms with E-state index in [0.717, 1.165) is 10.9 Å². The Morgan fingerprint density at radius 1 is 1.21 bits per heavy atom. The normalized spacial score (nSPS) is 20.1. The summed E-state index contributed by atoms with van der Waals surface area (Å²) in [6.45, 7) is 9.29. The van der Waals surface area contributed by atoms with Crippen LogP contribution in [0.25, 0.3) is 0 Å². The lowest BCUT2D eigenvalue weighted by molar-refractivity contribution is -0.123. The number of halogens is 1. The molecular weight excluding hydrogens is 302 g/mol. The Balaban J connectivity index is 1.95. The molecule has 19 heavy (non-hydrogen) atoms. The van der Waals surface area contributed by atoms with Crippen molar-refractivity contribution in [2.75, 3.05) is 0 Å². The van der Waals surface area contributed by atoms with Crippen molar-refractivity contribution in [3.05, 3.63) is 35.4 Å². The third kappa shape index (κ3) is 2.58. The monoisotopic (exact) mass is 323 g/mol. The molecule has 1 aliphatic rings. The van der Waals surface area contributed by atoms with Crippen LogP contribution < -0.4 is 5.32 Å². The molecule has 0 saturated heterocycles. The fourth-order valence-corrected chi connectivity index (χ4v) is 3.31. The van der Waals surface area contributed by atoms with Crippen LogP contribution in [0.3, 0.4) is 0 Å². The number of carbonyl (C=O) groups excluding carboxylic acids is 1. The maximum Gasteiger partial charge on any atom is 0.224 e. The first kappa shape index (κ1) is 14.6. The summed E-state index contributed by atoms with van der Waals surface area (Å²) in [6, 6.07) is 8.28. The van der Waals surface area contributed by atoms with E-state index in [1.807, 2.05) is 6.07 Å². The lowest BCUT2D eigenvalue weighted by atomic mass is 10.0. The van der Waals surface area contributed by atoms with Crippen LogP contribution in [0.15, 0.2) is 24.3 Å². The molecular formula is C16H22BrNO. The van der Waals surface area contributed by atoms with Crippen LogP contribution in [0.4, 0.5) is 0 Å². The number of alkyl halides is 1. The number of benzene rings is 1. The quantitative estimate of drug-likeness (QED) is 0.837. The molecule has 0 radical (unpaired) electrons. The number of hydrogen-bond donors (Lipinski definition) is 1. The summed E-state index contributed by atoms with van der Waals surface area (Å²) in [7, 11) is 0. The number of rotatable bonds is 4. The van der Waals surface area contributed by atoms with Crippen LogP contribution in [0, 0.1) is 16.7 Å². The molecule has 1 fully saturated rings. The second-order valence-electron chi connectivity index (χ2n) is 6.55. The summed E-state index contributed by atoms with van der Waals surface area (Å²) < 4.78 is 0. The SMILES string of the molecule is CC1(C)C(C(=O)NCc2cccc(CBr)c2)C1(C)C. The molecule has 104 valence electrons. The van der Waals surface area contributed by atoms with Gasteiger partial charge in [0.2, 0.25) is 5.91 Å². The van der Waals surface area contributed by atoms with Crippen LogP contribution in [-0.4, -0.2) is 5.91 Å². The van der Waals surface area contributed by atoms with E-state index >= 15 is 0 Å². The average Bonchev–Trinajstić information content (AvgIpc) is 2.77. The summed E-state index contributed by atoms with van der Waals surface area (Å²) in [5.41, 5.74) is 2.60. The molecule has 0 bridgehead atoms. The largest absolute Gasteiger partial charge is 0.352 e. The minimum Gasteiger partial charge on any atom is -0.352 e. The molecule has 3 heteroatoms. The molecule has 1 N–H and O–H groups in total. The Bertz CT molecular complexity index is 479. The summed E-state index contributed by atoms with van der Waals surface area (Å²) in [6.07, 6.45) is 0. The van der Waals surface area contributed by atoms with Gasteiger partial charge in [-0.1, -0.05) is 67.9 Å². The molecule has 0 heterocycles. The lowest BCUT2D eigenvalue weighted by Crippen LogP contribution is -2.26. The lowest BCUT2D eigenvalue weighted by Gasteiger charge is -2.07. The van der Waals surface area contributed by atoms with Crippen molar-refractivity contribution in [2.24, 2.45) is 16.7 Å². The second-order valence-corrected chi connectivity index (χ2v) is 7.11. The van der Waals surface area contributed by atoms with Gasteiger partial charge in [0.15, 0.2) is 0 Å². The first-order chi connectivity index (χ1) is 8.80. The molecule has 1 saturated carbocycles. The predicted octanol–water partition coefficient (Wildman–Crippen LogP) is 3.88. The highest BCUT2D eigenvalue weighted by Crippen LogP contribution is 2.68. The molecule has 1 amide bonds. The van der Waals surface area contributed by atoms with Gasteiger partial charge in [-0.3, -0.25) is 4.79 Å². The summed E-state index contributed by atoms with van der Waals surface area (Å²) in [4.78, 5) is 12.2. The third-order valence-corrected chi connectivity index (χ3v) is 5.54. The minimum absolute atomic E-state index is 0.106. The summed E-state index contributed by atoms with van der Waals surface area (Å²) in [5, 5.41) is 3.91. The topological polar surface area (TPSA) is 29.1 Å². The Kier molecular flexibility index (Phi) is 3.78. The van der Waals surface area contributed by atoms with Gasteiger partial charge in [0, 0.05) is 17.8 Å². The Morgan fingerprint density at radius 3 is 2.32 bits per heavy atom. The second kappa shape index (κ2) is 4.93. The van der Waals surface area contributed by atoms with Gasteiger partial charge in [-0.05, 0) is 22.0 Å². The average molecular weight is 324 g/mol. The van der Waals surface area contributed by atoms with Gasteiger partial charge in [-0.15, -0.1) is 0 Å². The first-order valence-electron chi connectivity index (χ1n) is 6.72. The third-order valence-electron chi connectivity index (χ3n) is 4.90. The zero-order chi connectivity index (χ0) is 14.3. The molecule has 0 spiro atoms. The van der Waals surface area contributed by atoms with E-state index in [1.165, 1.54) is 5.56 Å². The van der Waals surface area contributed by atoms with E-state index in [0.29, 0.717) is 6.54 Å². The van der Waals surface area contributed by atoms with Gasteiger partial charge in [-0.2, -0.15) is 0 Å². The van der Waals surface area contributed by atoms with Crippen molar-refractivity contribution >= 4 is 21.8 Å². The van der Waals surface area contributed by atoms with Crippen LogP contribution in [0.5, 0.6) is 0 Å². The smallest absolute Gasteiger partial charge is 0.224 e. The number of amides is 1. The van der Waals surface area contributed by atoms with Crippen molar-refractivity contribution < 1.29 is 4.79 Å². The van der Waals surface area contributed by atoms with E-state index in [2.05, 4.69) is 67.1 Å². The Labute approximate surface area is 124 Å². The van der Waals surface area contributed by atoms with Gasteiger partial charge in [0.1, 0.15) is 0 Å². The van der Waals surface area contributed by atoms with Gasteiger partial charge < -0.3 is 5.32 Å². The summed E-state index contributed by atoms with van der Waals surface area (Å²) in [5.74, 6) is 0.304. The highest BCUT2D eigenvalue weighted by atomic mass is 79.9. The fourth-order valence-electron chi connectivity index (χ4n) is 2.97. The van der Waals surface area contributed by atoms with E-state index in [9.17, 15) is 4.79 Å². The van der Waals surface area contributed by atoms with Crippen molar-refractivity contribution in [1.82, 2.24) is 5.32 Å². The van der Waals surface area contributed by atoms with E-state index in [4.69, 9.17) is 0 Å². The summed E-state index contributed by atoms with van der Waals surface area (Å²) >= 11 is 3.45. The molecule has 2 rings (SSSR count). The maximum atomic E-state index is 12.2. The standard InChI is InChI=1S/C16H22BrNO/c1-15(2)13(16(15,3)4)14(19)18-10-12-7-5-6-11(8-12)9-17/h5-8,13H,9-10H2,1-4H3,(H,18,19). The van der Waals surface area contributed by atoms with Crippen molar-refractivity contribution in [3.63, 3.8) is 0 Å². The Hall–Kier alpha value is -0.830. The van der Waals surface area contributed by atoms with Crippen LogP contribution >= 0.6 is 15.9 Å². The van der Waals surface area contributed by atoms with Gasteiger partial charge >= 0.3 is 0 Å². The minimum atomic E-state index is 0.106. The molecule has 0 aromatic heterocycles. The zero-order valence-corrected chi connectivity index (χ0v) is 13.7. The van der Waals surface area contributed by atoms with Gasteiger partial charge in [0.05, 0.1) is 0 Å². The fraction of sp³-hybridized carbons (Fsp3) is 0.562. The molecule has 0 aliphatic heterocycles. The highest BCUT2D eigenvalue weighted by molar-refractivity contribution is 9.08.